The summed E-state index contributed by atoms with van der Waals surface area (Å²) in [5.74, 6) is -0.638. The number of hydrogen-bond donors (Lipinski definition) is 0. The fourth-order valence-electron chi connectivity index (χ4n) is 5.98. The molecule has 0 aromatic heterocycles. The van der Waals surface area contributed by atoms with E-state index < -0.39 is 12.0 Å². The molecular weight excluding hydrogens is 488 g/mol. The summed E-state index contributed by atoms with van der Waals surface area (Å²) in [6, 6.07) is 20.5. The van der Waals surface area contributed by atoms with Gasteiger partial charge in [0, 0.05) is 25.2 Å². The second kappa shape index (κ2) is 15.7. The Morgan fingerprint density at radius 2 is 1.33 bits per heavy atom. The number of aryl methyl sites for hydroxylation is 1. The topological polar surface area (TPSA) is 59.1 Å². The average molecular weight is 535 g/mol. The zero-order valence-electron chi connectivity index (χ0n) is 23.6. The van der Waals surface area contributed by atoms with E-state index >= 15 is 0 Å². The number of carbonyl (C=O) groups is 2. The summed E-state index contributed by atoms with van der Waals surface area (Å²) in [6.07, 6.45) is 12.6. The predicted molar refractivity (Wildman–Crippen MR) is 154 cm³/mol. The highest BCUT2D eigenvalue weighted by Gasteiger charge is 2.35. The van der Waals surface area contributed by atoms with E-state index in [0.29, 0.717) is 31.6 Å². The lowest BCUT2D eigenvalue weighted by Gasteiger charge is -2.40. The molecule has 1 atom stereocenters. The molecule has 4 rings (SSSR count). The highest BCUT2D eigenvalue weighted by Crippen LogP contribution is 2.31. The van der Waals surface area contributed by atoms with Gasteiger partial charge in [-0.05, 0) is 56.6 Å². The molecule has 0 N–H and O–H groups in total. The average Bonchev–Trinajstić information content (AvgIpc) is 3.00. The first-order chi connectivity index (χ1) is 19.1. The summed E-state index contributed by atoms with van der Waals surface area (Å²) in [7, 11) is 0. The molecule has 6 heteroatoms. The Bertz CT molecular complexity index is 969. The van der Waals surface area contributed by atoms with Crippen LogP contribution in [0.15, 0.2) is 60.7 Å². The molecular formula is C33H46N2O4. The number of carbonyl (C=O) groups excluding carboxylic acids is 2. The monoisotopic (exact) mass is 534 g/mol. The molecule has 39 heavy (non-hydrogen) atoms. The van der Waals surface area contributed by atoms with E-state index in [9.17, 15) is 9.59 Å². The standard InChI is InChI=1S/C33H46N2O4/c1-2-34(33(37)38-26-28-17-9-4-10-18-28)25-29(24-23-27-15-7-3-8-16-27)32(36)39-35(30-19-11-5-12-20-30)31-21-13-6-14-22-31/h3-4,7-10,15-18,29-31H,2,5-6,11-14,19-26H2,1H3/t29-/m1/s1. The zero-order chi connectivity index (χ0) is 27.3. The first-order valence-electron chi connectivity index (χ1n) is 15.1. The van der Waals surface area contributed by atoms with E-state index in [2.05, 4.69) is 17.2 Å². The smallest absolute Gasteiger partial charge is 0.410 e. The van der Waals surface area contributed by atoms with Gasteiger partial charge >= 0.3 is 12.1 Å². The minimum absolute atomic E-state index is 0.212. The Morgan fingerprint density at radius 3 is 1.87 bits per heavy atom. The van der Waals surface area contributed by atoms with Crippen LogP contribution < -0.4 is 0 Å². The molecule has 0 spiro atoms. The normalized spacial score (nSPS) is 17.5. The summed E-state index contributed by atoms with van der Waals surface area (Å²) >= 11 is 0. The van der Waals surface area contributed by atoms with Crippen molar-refractivity contribution in [3.63, 3.8) is 0 Å². The van der Waals surface area contributed by atoms with Gasteiger partial charge in [0.15, 0.2) is 0 Å². The Kier molecular flexibility index (Phi) is 11.7. The van der Waals surface area contributed by atoms with Gasteiger partial charge in [0.2, 0.25) is 0 Å². The molecule has 2 aliphatic rings. The quantitative estimate of drug-likeness (QED) is 0.267. The Balaban J connectivity index is 1.45. The number of benzene rings is 2. The highest BCUT2D eigenvalue weighted by molar-refractivity contribution is 5.74. The number of ether oxygens (including phenoxy) is 1. The maximum Gasteiger partial charge on any atom is 0.410 e. The molecule has 2 aliphatic carbocycles. The minimum atomic E-state index is -0.427. The lowest BCUT2D eigenvalue weighted by molar-refractivity contribution is -0.227. The third-order valence-corrected chi connectivity index (χ3v) is 8.31. The lowest BCUT2D eigenvalue weighted by atomic mass is 9.90. The lowest BCUT2D eigenvalue weighted by Crippen LogP contribution is -2.48. The Hall–Kier alpha value is -2.86. The van der Waals surface area contributed by atoms with Crippen molar-refractivity contribution in [1.82, 2.24) is 9.96 Å². The number of rotatable bonds is 12. The van der Waals surface area contributed by atoms with Crippen molar-refractivity contribution < 1.29 is 19.2 Å². The molecule has 0 heterocycles. The second-order valence-corrected chi connectivity index (χ2v) is 11.2. The molecule has 0 saturated heterocycles. The van der Waals surface area contributed by atoms with E-state index in [1.54, 1.807) is 4.90 Å². The van der Waals surface area contributed by atoms with Gasteiger partial charge in [0.1, 0.15) is 6.61 Å². The SMILES string of the molecule is CCN(C[C@@H](CCc1ccccc1)C(=O)ON(C1CCCCC1)C1CCCCC1)C(=O)OCc1ccccc1. The van der Waals surface area contributed by atoms with Gasteiger partial charge in [0.25, 0.3) is 0 Å². The van der Waals surface area contributed by atoms with Crippen LogP contribution in [0.5, 0.6) is 0 Å². The van der Waals surface area contributed by atoms with Crippen molar-refractivity contribution in [2.45, 2.75) is 103 Å². The fourth-order valence-corrected chi connectivity index (χ4v) is 5.98. The van der Waals surface area contributed by atoms with Crippen LogP contribution in [0.3, 0.4) is 0 Å². The van der Waals surface area contributed by atoms with Crippen molar-refractivity contribution in [3.8, 4) is 0 Å². The molecule has 6 nitrogen and oxygen atoms in total. The van der Waals surface area contributed by atoms with Gasteiger partial charge in [-0.25, -0.2) is 9.59 Å². The van der Waals surface area contributed by atoms with Crippen molar-refractivity contribution in [2.24, 2.45) is 5.92 Å². The highest BCUT2D eigenvalue weighted by atomic mass is 16.7. The van der Waals surface area contributed by atoms with E-state index in [0.717, 1.165) is 37.7 Å². The number of amides is 1. The predicted octanol–water partition coefficient (Wildman–Crippen LogP) is 7.32. The van der Waals surface area contributed by atoms with Crippen molar-refractivity contribution in [2.75, 3.05) is 13.1 Å². The summed E-state index contributed by atoms with van der Waals surface area (Å²) in [4.78, 5) is 34.9. The Labute approximate surface area is 234 Å². The number of hydroxylamine groups is 2. The van der Waals surface area contributed by atoms with Crippen LogP contribution in [0.2, 0.25) is 0 Å². The van der Waals surface area contributed by atoms with E-state index in [4.69, 9.17) is 9.57 Å². The van der Waals surface area contributed by atoms with Crippen LogP contribution in [0.25, 0.3) is 0 Å². The maximum atomic E-state index is 13.9. The van der Waals surface area contributed by atoms with Gasteiger partial charge in [-0.3, -0.25) is 0 Å². The van der Waals surface area contributed by atoms with Gasteiger partial charge in [0.05, 0.1) is 5.92 Å². The fraction of sp³-hybridized carbons (Fsp3) is 0.576. The third-order valence-electron chi connectivity index (χ3n) is 8.31. The molecule has 212 valence electrons. The van der Waals surface area contributed by atoms with Crippen LogP contribution in [0, 0.1) is 5.92 Å². The first kappa shape index (κ1) is 29.1. The van der Waals surface area contributed by atoms with Gasteiger partial charge in [-0.15, -0.1) is 5.06 Å². The van der Waals surface area contributed by atoms with Gasteiger partial charge in [-0.1, -0.05) is 99.2 Å². The van der Waals surface area contributed by atoms with E-state index in [1.807, 2.05) is 55.5 Å². The largest absolute Gasteiger partial charge is 0.445 e. The van der Waals surface area contributed by atoms with Crippen LogP contribution in [0.4, 0.5) is 4.79 Å². The number of nitrogens with zero attached hydrogens (tertiary/aromatic N) is 2. The van der Waals surface area contributed by atoms with Crippen molar-refractivity contribution >= 4 is 12.1 Å². The number of hydrogen-bond acceptors (Lipinski definition) is 5. The second-order valence-electron chi connectivity index (χ2n) is 11.2. The molecule has 2 aromatic rings. The first-order valence-corrected chi connectivity index (χ1v) is 15.1. The van der Waals surface area contributed by atoms with Crippen molar-refractivity contribution in [1.29, 1.82) is 0 Å². The molecule has 1 amide bonds. The summed E-state index contributed by atoms with van der Waals surface area (Å²) < 4.78 is 5.62. The minimum Gasteiger partial charge on any atom is -0.445 e. The van der Waals surface area contributed by atoms with Crippen LogP contribution in [-0.4, -0.2) is 47.2 Å². The summed E-state index contributed by atoms with van der Waals surface area (Å²) in [5, 5.41) is 2.10. The van der Waals surface area contributed by atoms with Crippen molar-refractivity contribution in [3.05, 3.63) is 71.8 Å². The Morgan fingerprint density at radius 1 is 0.795 bits per heavy atom. The molecule has 2 fully saturated rings. The van der Waals surface area contributed by atoms with Crippen LogP contribution >= 0.6 is 0 Å². The molecule has 2 saturated carbocycles. The molecule has 0 aliphatic heterocycles. The third kappa shape index (κ3) is 9.10. The van der Waals surface area contributed by atoms with Gasteiger partial charge < -0.3 is 14.5 Å². The van der Waals surface area contributed by atoms with Crippen LogP contribution in [-0.2, 0) is 27.4 Å². The van der Waals surface area contributed by atoms with E-state index in [1.165, 1.54) is 44.1 Å². The van der Waals surface area contributed by atoms with Crippen LogP contribution in [0.1, 0.15) is 88.7 Å². The maximum absolute atomic E-state index is 13.9. The zero-order valence-corrected chi connectivity index (χ0v) is 23.6. The van der Waals surface area contributed by atoms with Gasteiger partial charge in [-0.2, -0.15) is 0 Å². The summed E-state index contributed by atoms with van der Waals surface area (Å²) in [6.45, 7) is 2.91. The summed E-state index contributed by atoms with van der Waals surface area (Å²) in [5.41, 5.74) is 2.12. The molecule has 0 bridgehead atoms. The molecule has 0 radical (unpaired) electrons. The van der Waals surface area contributed by atoms with E-state index in [-0.39, 0.29) is 12.6 Å². The molecule has 2 aromatic carbocycles. The molecule has 0 unspecified atom stereocenters.